The zero-order chi connectivity index (χ0) is 15.9. The van der Waals surface area contributed by atoms with Gasteiger partial charge in [0.15, 0.2) is 0 Å². The van der Waals surface area contributed by atoms with Gasteiger partial charge in [-0.3, -0.25) is 9.97 Å². The molecule has 0 unspecified atom stereocenters. The van der Waals surface area contributed by atoms with Gasteiger partial charge >= 0.3 is 0 Å². The molecule has 0 saturated carbocycles. The van der Waals surface area contributed by atoms with Crippen molar-refractivity contribution >= 4 is 31.6 Å². The van der Waals surface area contributed by atoms with Gasteiger partial charge in [-0.15, -0.1) is 0 Å². The van der Waals surface area contributed by atoms with Crippen molar-refractivity contribution in [3.63, 3.8) is 0 Å². The first-order valence-electron chi connectivity index (χ1n) is 7.10. The molecule has 0 saturated heterocycles. The molecule has 0 fully saturated rings. The summed E-state index contributed by atoms with van der Waals surface area (Å²) in [5.41, 5.74) is 0.950. The van der Waals surface area contributed by atoms with E-state index in [1.165, 1.54) is 0 Å². The second-order valence-electron chi connectivity index (χ2n) is 5.17. The molecule has 0 bridgehead atoms. The predicted octanol–water partition coefficient (Wildman–Crippen LogP) is 3.62. The summed E-state index contributed by atoms with van der Waals surface area (Å²) in [5.74, 6) is 0. The fraction of sp³-hybridized carbons (Fsp3) is 0. The number of pyridine rings is 2. The monoisotopic (exact) mass is 320 g/mol. The summed E-state index contributed by atoms with van der Waals surface area (Å²) >= 11 is 0. The van der Waals surface area contributed by atoms with Crippen LogP contribution in [0.2, 0.25) is 0 Å². The van der Waals surface area contributed by atoms with E-state index in [9.17, 15) is 8.42 Å². The van der Waals surface area contributed by atoms with Gasteiger partial charge in [0.1, 0.15) is 0 Å². The van der Waals surface area contributed by atoms with Crippen LogP contribution in [0.5, 0.6) is 0 Å². The molecule has 0 aliphatic heterocycles. The molecular weight excluding hydrogens is 308 g/mol. The number of sulfone groups is 1. The number of hydrogen-bond acceptors (Lipinski definition) is 4. The van der Waals surface area contributed by atoms with E-state index in [1.54, 1.807) is 48.8 Å². The van der Waals surface area contributed by atoms with Crippen LogP contribution in [0.1, 0.15) is 0 Å². The quantitative estimate of drug-likeness (QED) is 0.566. The van der Waals surface area contributed by atoms with Crippen LogP contribution < -0.4 is 0 Å². The fourth-order valence-electron chi connectivity index (χ4n) is 2.70. The Morgan fingerprint density at radius 1 is 0.609 bits per heavy atom. The first kappa shape index (κ1) is 13.8. The van der Waals surface area contributed by atoms with Crippen LogP contribution in [0.4, 0.5) is 0 Å². The SMILES string of the molecule is O=S(=O)(c1cccc2cccnc12)c1cccc2cccnc12. The van der Waals surface area contributed by atoms with E-state index in [0.29, 0.717) is 11.0 Å². The van der Waals surface area contributed by atoms with Crippen LogP contribution in [0, 0.1) is 0 Å². The Kier molecular flexibility index (Phi) is 3.09. The van der Waals surface area contributed by atoms with Gasteiger partial charge in [0, 0.05) is 23.2 Å². The van der Waals surface area contributed by atoms with Crippen molar-refractivity contribution in [3.8, 4) is 0 Å². The van der Waals surface area contributed by atoms with E-state index in [1.807, 2.05) is 24.3 Å². The molecule has 0 atom stereocenters. The van der Waals surface area contributed by atoms with Crippen molar-refractivity contribution in [3.05, 3.63) is 73.1 Å². The minimum atomic E-state index is -3.72. The zero-order valence-corrected chi connectivity index (χ0v) is 12.9. The third-order valence-electron chi connectivity index (χ3n) is 3.77. The molecule has 0 amide bonds. The highest BCUT2D eigenvalue weighted by atomic mass is 32.2. The van der Waals surface area contributed by atoms with Crippen LogP contribution >= 0.6 is 0 Å². The van der Waals surface area contributed by atoms with Gasteiger partial charge in [-0.25, -0.2) is 8.42 Å². The smallest absolute Gasteiger partial charge is 0.210 e. The Morgan fingerprint density at radius 3 is 1.52 bits per heavy atom. The number of benzene rings is 2. The number of rotatable bonds is 2. The normalized spacial score (nSPS) is 11.8. The lowest BCUT2D eigenvalue weighted by atomic mass is 10.2. The van der Waals surface area contributed by atoms with Crippen molar-refractivity contribution in [1.82, 2.24) is 9.97 Å². The van der Waals surface area contributed by atoms with Crippen LogP contribution in [-0.4, -0.2) is 18.4 Å². The first-order valence-corrected chi connectivity index (χ1v) is 8.59. The average molecular weight is 320 g/mol. The number of fused-ring (bicyclic) bond motifs is 2. The standard InChI is InChI=1S/C18H12N2O2S/c21-23(22,15-9-1-5-13-7-3-11-19-17(13)15)16-10-2-6-14-8-4-12-20-18(14)16/h1-12H. The van der Waals surface area contributed by atoms with Crippen molar-refractivity contribution in [1.29, 1.82) is 0 Å². The van der Waals surface area contributed by atoms with Crippen LogP contribution in [0.15, 0.2) is 82.8 Å². The molecule has 23 heavy (non-hydrogen) atoms. The van der Waals surface area contributed by atoms with Gasteiger partial charge in [0.05, 0.1) is 20.8 Å². The maximum Gasteiger partial charge on any atom is 0.210 e. The minimum absolute atomic E-state index is 0.203. The number of aromatic nitrogens is 2. The van der Waals surface area contributed by atoms with E-state index in [2.05, 4.69) is 9.97 Å². The summed E-state index contributed by atoms with van der Waals surface area (Å²) in [6.45, 7) is 0. The molecule has 4 aromatic rings. The minimum Gasteiger partial charge on any atom is -0.255 e. The van der Waals surface area contributed by atoms with E-state index < -0.39 is 9.84 Å². The summed E-state index contributed by atoms with van der Waals surface area (Å²) in [6, 6.07) is 17.6. The molecule has 2 aromatic heterocycles. The van der Waals surface area contributed by atoms with E-state index in [0.717, 1.165) is 10.8 Å². The molecule has 112 valence electrons. The molecule has 2 heterocycles. The Balaban J connectivity index is 2.07. The molecule has 0 aliphatic carbocycles. The molecule has 5 heteroatoms. The highest BCUT2D eigenvalue weighted by Gasteiger charge is 2.23. The molecular formula is C18H12N2O2S. The second kappa shape index (κ2) is 5.14. The predicted molar refractivity (Wildman–Crippen MR) is 88.9 cm³/mol. The highest BCUT2D eigenvalue weighted by Crippen LogP contribution is 2.30. The summed E-state index contributed by atoms with van der Waals surface area (Å²) < 4.78 is 26.4. The maximum atomic E-state index is 13.2. The lowest BCUT2D eigenvalue weighted by molar-refractivity contribution is 0.597. The lowest BCUT2D eigenvalue weighted by Crippen LogP contribution is -2.05. The van der Waals surface area contributed by atoms with Crippen LogP contribution in [0.3, 0.4) is 0 Å². The lowest BCUT2D eigenvalue weighted by Gasteiger charge is -2.09. The third-order valence-corrected chi connectivity index (χ3v) is 5.59. The van der Waals surface area contributed by atoms with Gasteiger partial charge in [-0.05, 0) is 24.3 Å². The molecule has 4 nitrogen and oxygen atoms in total. The van der Waals surface area contributed by atoms with Crippen molar-refractivity contribution in [2.45, 2.75) is 9.79 Å². The molecule has 2 aromatic carbocycles. The summed E-state index contributed by atoms with van der Waals surface area (Å²) in [4.78, 5) is 8.91. The Labute approximate surface area is 133 Å². The van der Waals surface area contributed by atoms with E-state index in [-0.39, 0.29) is 9.79 Å². The Bertz CT molecular complexity index is 1040. The molecule has 4 rings (SSSR count). The van der Waals surface area contributed by atoms with Gasteiger partial charge < -0.3 is 0 Å². The van der Waals surface area contributed by atoms with E-state index in [4.69, 9.17) is 0 Å². The third kappa shape index (κ3) is 2.17. The number of nitrogens with zero attached hydrogens (tertiary/aromatic N) is 2. The van der Waals surface area contributed by atoms with Gasteiger partial charge in [0.2, 0.25) is 9.84 Å². The van der Waals surface area contributed by atoms with Gasteiger partial charge in [-0.2, -0.15) is 0 Å². The van der Waals surface area contributed by atoms with Gasteiger partial charge in [0.25, 0.3) is 0 Å². The maximum absolute atomic E-state index is 13.2. The van der Waals surface area contributed by atoms with Crippen LogP contribution in [0.25, 0.3) is 21.8 Å². The second-order valence-corrected chi connectivity index (χ2v) is 7.05. The summed E-state index contributed by atoms with van der Waals surface area (Å²) in [6.07, 6.45) is 3.20. The average Bonchev–Trinajstić information content (AvgIpc) is 2.60. The zero-order valence-electron chi connectivity index (χ0n) is 12.0. The Hall–Kier alpha value is -2.79. The van der Waals surface area contributed by atoms with Crippen molar-refractivity contribution < 1.29 is 8.42 Å². The highest BCUT2D eigenvalue weighted by molar-refractivity contribution is 7.92. The topological polar surface area (TPSA) is 59.9 Å². The van der Waals surface area contributed by atoms with Crippen LogP contribution in [-0.2, 0) is 9.84 Å². The molecule has 0 N–H and O–H groups in total. The Morgan fingerprint density at radius 2 is 1.04 bits per heavy atom. The van der Waals surface area contributed by atoms with Crippen molar-refractivity contribution in [2.24, 2.45) is 0 Å². The van der Waals surface area contributed by atoms with Gasteiger partial charge in [-0.1, -0.05) is 36.4 Å². The number of hydrogen-bond donors (Lipinski definition) is 0. The summed E-state index contributed by atoms with van der Waals surface area (Å²) in [7, 11) is -3.72. The molecule has 0 radical (unpaired) electrons. The largest absolute Gasteiger partial charge is 0.255 e. The molecule has 0 spiro atoms. The fourth-order valence-corrected chi connectivity index (χ4v) is 4.31. The molecule has 0 aliphatic rings. The number of para-hydroxylation sites is 2. The summed E-state index contributed by atoms with van der Waals surface area (Å²) in [5, 5.41) is 1.59. The first-order chi connectivity index (χ1) is 11.2. The van der Waals surface area contributed by atoms with E-state index >= 15 is 0 Å². The van der Waals surface area contributed by atoms with Crippen molar-refractivity contribution in [2.75, 3.05) is 0 Å².